The van der Waals surface area contributed by atoms with Gasteiger partial charge in [0.25, 0.3) is 0 Å². The van der Waals surface area contributed by atoms with Gasteiger partial charge < -0.3 is 10.1 Å². The molecule has 1 atom stereocenters. The van der Waals surface area contributed by atoms with Crippen LogP contribution in [0.3, 0.4) is 0 Å². The van der Waals surface area contributed by atoms with Crippen LogP contribution in [0, 0.1) is 11.3 Å². The second kappa shape index (κ2) is 6.68. The third-order valence-electron chi connectivity index (χ3n) is 3.84. The van der Waals surface area contributed by atoms with E-state index in [1.807, 2.05) is 0 Å². The van der Waals surface area contributed by atoms with Gasteiger partial charge in [-0.15, -0.1) is 0 Å². The quantitative estimate of drug-likeness (QED) is 0.828. The molecule has 5 heteroatoms. The highest BCUT2D eigenvalue weighted by molar-refractivity contribution is 4.97. The maximum Gasteiger partial charge on any atom is 0.138 e. The Balaban J connectivity index is 2.06. The number of hydrogen-bond donors (Lipinski definition) is 1. The zero-order valence-electron chi connectivity index (χ0n) is 13.2. The predicted molar refractivity (Wildman–Crippen MR) is 79.6 cm³/mol. The molecule has 2 rings (SSSR count). The first-order valence-corrected chi connectivity index (χ1v) is 7.68. The van der Waals surface area contributed by atoms with Gasteiger partial charge in [0.05, 0.1) is 6.61 Å². The van der Waals surface area contributed by atoms with E-state index >= 15 is 0 Å². The molecule has 1 fully saturated rings. The van der Waals surface area contributed by atoms with Gasteiger partial charge in [-0.3, -0.25) is 0 Å². The molecular weight excluding hydrogens is 252 g/mol. The molecule has 5 nitrogen and oxygen atoms in total. The van der Waals surface area contributed by atoms with Gasteiger partial charge in [0, 0.05) is 37.6 Å². The molecule has 0 aliphatic carbocycles. The Morgan fingerprint density at radius 1 is 1.40 bits per heavy atom. The van der Waals surface area contributed by atoms with Crippen LogP contribution in [0.15, 0.2) is 6.33 Å². The SMILES string of the molecule is CC(C)Cn1ncnc1CC1(CNC(C)C)CCOC1. The summed E-state index contributed by atoms with van der Waals surface area (Å²) in [5, 5.41) is 7.93. The summed E-state index contributed by atoms with van der Waals surface area (Å²) < 4.78 is 7.72. The number of nitrogens with one attached hydrogen (secondary N) is 1. The van der Waals surface area contributed by atoms with Crippen LogP contribution in [0.1, 0.15) is 39.9 Å². The van der Waals surface area contributed by atoms with E-state index in [-0.39, 0.29) is 5.41 Å². The Morgan fingerprint density at radius 3 is 2.80 bits per heavy atom. The molecule has 0 radical (unpaired) electrons. The van der Waals surface area contributed by atoms with E-state index in [9.17, 15) is 0 Å². The van der Waals surface area contributed by atoms with E-state index in [1.54, 1.807) is 6.33 Å². The zero-order valence-corrected chi connectivity index (χ0v) is 13.2. The van der Waals surface area contributed by atoms with Gasteiger partial charge in [-0.25, -0.2) is 9.67 Å². The second-order valence-electron chi connectivity index (χ2n) is 6.77. The number of ether oxygens (including phenoxy) is 1. The standard InChI is InChI=1S/C15H28N4O/c1-12(2)8-19-14(17-11-18-19)7-15(5-6-20-10-15)9-16-13(3)4/h11-13,16H,5-10H2,1-4H3. The van der Waals surface area contributed by atoms with Crippen LogP contribution < -0.4 is 5.32 Å². The summed E-state index contributed by atoms with van der Waals surface area (Å²) in [6, 6.07) is 0.501. The first kappa shape index (κ1) is 15.4. The first-order valence-electron chi connectivity index (χ1n) is 7.68. The van der Waals surface area contributed by atoms with Crippen LogP contribution in [0.5, 0.6) is 0 Å². The zero-order chi connectivity index (χ0) is 14.6. The number of rotatable bonds is 7. The van der Waals surface area contributed by atoms with E-state index in [4.69, 9.17) is 4.74 Å². The van der Waals surface area contributed by atoms with Crippen molar-refractivity contribution < 1.29 is 4.74 Å². The molecule has 1 unspecified atom stereocenters. The van der Waals surface area contributed by atoms with Crippen LogP contribution in [-0.4, -0.2) is 40.6 Å². The van der Waals surface area contributed by atoms with Crippen molar-refractivity contribution in [1.82, 2.24) is 20.1 Å². The summed E-state index contributed by atoms with van der Waals surface area (Å²) in [6.45, 7) is 12.4. The molecule has 114 valence electrons. The normalized spacial score (nSPS) is 23.1. The average Bonchev–Trinajstić information content (AvgIpc) is 2.98. The Labute approximate surface area is 122 Å². The first-order chi connectivity index (χ1) is 9.51. The summed E-state index contributed by atoms with van der Waals surface area (Å²) in [6.07, 6.45) is 3.72. The average molecular weight is 280 g/mol. The van der Waals surface area contributed by atoms with Crippen molar-refractivity contribution in [3.8, 4) is 0 Å². The van der Waals surface area contributed by atoms with Gasteiger partial charge in [0.2, 0.25) is 0 Å². The van der Waals surface area contributed by atoms with Crippen molar-refractivity contribution >= 4 is 0 Å². The summed E-state index contributed by atoms with van der Waals surface area (Å²) >= 11 is 0. The summed E-state index contributed by atoms with van der Waals surface area (Å²) in [5.41, 5.74) is 0.173. The smallest absolute Gasteiger partial charge is 0.138 e. The number of aromatic nitrogens is 3. The largest absolute Gasteiger partial charge is 0.381 e. The van der Waals surface area contributed by atoms with E-state index < -0.39 is 0 Å². The lowest BCUT2D eigenvalue weighted by Gasteiger charge is -2.28. The summed E-state index contributed by atoms with van der Waals surface area (Å²) in [7, 11) is 0. The van der Waals surface area contributed by atoms with Crippen molar-refractivity contribution in [2.75, 3.05) is 19.8 Å². The van der Waals surface area contributed by atoms with Gasteiger partial charge in [-0.05, 0) is 12.3 Å². The van der Waals surface area contributed by atoms with Crippen molar-refractivity contribution in [3.63, 3.8) is 0 Å². The fraction of sp³-hybridized carbons (Fsp3) is 0.867. The van der Waals surface area contributed by atoms with Crippen LogP contribution in [0.4, 0.5) is 0 Å². The fourth-order valence-corrected chi connectivity index (χ4v) is 2.67. The monoisotopic (exact) mass is 280 g/mol. The van der Waals surface area contributed by atoms with Crippen LogP contribution in [0.2, 0.25) is 0 Å². The lowest BCUT2D eigenvalue weighted by Crippen LogP contribution is -2.40. The molecule has 0 aromatic carbocycles. The Hall–Kier alpha value is -0.940. The molecule has 1 aromatic heterocycles. The van der Waals surface area contributed by atoms with E-state index in [0.717, 1.165) is 45.0 Å². The van der Waals surface area contributed by atoms with Crippen LogP contribution in [-0.2, 0) is 17.7 Å². The molecule has 1 saturated heterocycles. The van der Waals surface area contributed by atoms with Gasteiger partial charge >= 0.3 is 0 Å². The van der Waals surface area contributed by atoms with E-state index in [2.05, 4.69) is 47.8 Å². The van der Waals surface area contributed by atoms with Gasteiger partial charge in [0.1, 0.15) is 12.2 Å². The van der Waals surface area contributed by atoms with Crippen LogP contribution >= 0.6 is 0 Å². The van der Waals surface area contributed by atoms with Crippen molar-refractivity contribution in [2.24, 2.45) is 11.3 Å². The van der Waals surface area contributed by atoms with Gasteiger partial charge in [0.15, 0.2) is 0 Å². The molecule has 1 aromatic rings. The number of nitrogens with zero attached hydrogens (tertiary/aromatic N) is 3. The Bertz CT molecular complexity index is 408. The fourth-order valence-electron chi connectivity index (χ4n) is 2.67. The number of hydrogen-bond acceptors (Lipinski definition) is 4. The van der Waals surface area contributed by atoms with Gasteiger partial charge in [-0.1, -0.05) is 27.7 Å². The highest BCUT2D eigenvalue weighted by atomic mass is 16.5. The predicted octanol–water partition coefficient (Wildman–Crippen LogP) is 1.88. The molecule has 2 heterocycles. The van der Waals surface area contributed by atoms with E-state index in [1.165, 1.54) is 0 Å². The highest BCUT2D eigenvalue weighted by Crippen LogP contribution is 2.31. The Kier molecular flexibility index (Phi) is 5.16. The second-order valence-corrected chi connectivity index (χ2v) is 6.77. The molecule has 1 aliphatic heterocycles. The molecule has 1 aliphatic rings. The molecular formula is C15H28N4O. The van der Waals surface area contributed by atoms with Crippen molar-refractivity contribution in [1.29, 1.82) is 0 Å². The molecule has 1 N–H and O–H groups in total. The lowest BCUT2D eigenvalue weighted by molar-refractivity contribution is 0.145. The highest BCUT2D eigenvalue weighted by Gasteiger charge is 2.36. The molecule has 20 heavy (non-hydrogen) atoms. The molecule has 0 saturated carbocycles. The third-order valence-corrected chi connectivity index (χ3v) is 3.84. The molecule has 0 spiro atoms. The maximum atomic E-state index is 5.67. The lowest BCUT2D eigenvalue weighted by atomic mass is 9.83. The van der Waals surface area contributed by atoms with Gasteiger partial charge in [-0.2, -0.15) is 5.10 Å². The third kappa shape index (κ3) is 4.03. The van der Waals surface area contributed by atoms with Crippen LogP contribution in [0.25, 0.3) is 0 Å². The minimum absolute atomic E-state index is 0.173. The Morgan fingerprint density at radius 2 is 2.20 bits per heavy atom. The summed E-state index contributed by atoms with van der Waals surface area (Å²) in [4.78, 5) is 4.47. The minimum atomic E-state index is 0.173. The topological polar surface area (TPSA) is 52.0 Å². The summed E-state index contributed by atoms with van der Waals surface area (Å²) in [5.74, 6) is 1.68. The van der Waals surface area contributed by atoms with Crippen molar-refractivity contribution in [3.05, 3.63) is 12.2 Å². The minimum Gasteiger partial charge on any atom is -0.381 e. The molecule has 0 bridgehead atoms. The van der Waals surface area contributed by atoms with Crippen molar-refractivity contribution in [2.45, 2.75) is 53.1 Å². The van der Waals surface area contributed by atoms with E-state index in [0.29, 0.717) is 12.0 Å². The molecule has 0 amide bonds. The maximum absolute atomic E-state index is 5.67.